The van der Waals surface area contributed by atoms with Crippen molar-refractivity contribution in [1.29, 1.82) is 0 Å². The fourth-order valence-corrected chi connectivity index (χ4v) is 0.869. The van der Waals surface area contributed by atoms with Crippen LogP contribution in [0.3, 0.4) is 0 Å². The van der Waals surface area contributed by atoms with Crippen molar-refractivity contribution in [2.45, 2.75) is 6.92 Å². The van der Waals surface area contributed by atoms with Crippen LogP contribution in [0.4, 0.5) is 5.69 Å². The summed E-state index contributed by atoms with van der Waals surface area (Å²) in [6, 6.07) is 0.151. The van der Waals surface area contributed by atoms with Gasteiger partial charge in [0.1, 0.15) is 19.0 Å². The van der Waals surface area contributed by atoms with Gasteiger partial charge in [0.2, 0.25) is 0 Å². The zero-order valence-electron chi connectivity index (χ0n) is 8.34. The van der Waals surface area contributed by atoms with Crippen LogP contribution in [0.2, 0.25) is 0 Å². The van der Waals surface area contributed by atoms with Gasteiger partial charge in [-0.1, -0.05) is 6.92 Å². The third-order valence-electron chi connectivity index (χ3n) is 1.59. The van der Waals surface area contributed by atoms with E-state index in [4.69, 9.17) is 4.74 Å². The summed E-state index contributed by atoms with van der Waals surface area (Å²) < 4.78 is 5.14. The molecule has 0 aliphatic heterocycles. The van der Waals surface area contributed by atoms with Gasteiger partial charge in [0.05, 0.1) is 4.92 Å². The summed E-state index contributed by atoms with van der Waals surface area (Å²) in [7, 11) is 0. The molecule has 0 amide bonds. The zero-order valence-corrected chi connectivity index (χ0v) is 8.34. The van der Waals surface area contributed by atoms with E-state index < -0.39 is 4.92 Å². The fraction of sp³-hybridized carbons (Fsp3) is 0.500. The maximum atomic E-state index is 10.3. The molecule has 1 rings (SSSR count). The van der Waals surface area contributed by atoms with Gasteiger partial charge < -0.3 is 10.1 Å². The molecular weight excluding hydrogens is 200 g/mol. The van der Waals surface area contributed by atoms with E-state index in [1.807, 2.05) is 6.92 Å². The van der Waals surface area contributed by atoms with Crippen molar-refractivity contribution in [3.63, 3.8) is 0 Å². The molecule has 0 unspecified atom stereocenters. The minimum Gasteiger partial charge on any atom is -0.462 e. The Morgan fingerprint density at radius 1 is 1.53 bits per heavy atom. The van der Waals surface area contributed by atoms with Crippen LogP contribution in [0, 0.1) is 10.1 Å². The Kier molecular flexibility index (Phi) is 4.42. The van der Waals surface area contributed by atoms with Crippen molar-refractivity contribution in [1.82, 2.24) is 15.3 Å². The summed E-state index contributed by atoms with van der Waals surface area (Å²) in [4.78, 5) is 17.1. The molecular formula is C8H12N4O3. The van der Waals surface area contributed by atoms with E-state index in [2.05, 4.69) is 15.3 Å². The molecule has 1 N–H and O–H groups in total. The molecule has 0 saturated heterocycles. The number of rotatable bonds is 6. The molecule has 0 aliphatic carbocycles. The normalized spacial score (nSPS) is 9.93. The van der Waals surface area contributed by atoms with Crippen molar-refractivity contribution in [2.24, 2.45) is 0 Å². The first kappa shape index (κ1) is 11.3. The van der Waals surface area contributed by atoms with Crippen LogP contribution in [-0.2, 0) is 0 Å². The molecule has 82 valence electrons. The monoisotopic (exact) mass is 212 g/mol. The number of nitro groups is 1. The third-order valence-corrected chi connectivity index (χ3v) is 1.59. The fourth-order valence-electron chi connectivity index (χ4n) is 0.869. The first-order valence-corrected chi connectivity index (χ1v) is 4.54. The number of hydrogen-bond donors (Lipinski definition) is 1. The second kappa shape index (κ2) is 5.86. The van der Waals surface area contributed by atoms with E-state index >= 15 is 0 Å². The van der Waals surface area contributed by atoms with E-state index in [1.165, 1.54) is 0 Å². The molecule has 0 bridgehead atoms. The Labute approximate surface area is 86.6 Å². The highest BCUT2D eigenvalue weighted by Crippen LogP contribution is 2.08. The molecule has 7 nitrogen and oxygen atoms in total. The Morgan fingerprint density at radius 3 is 2.73 bits per heavy atom. The maximum absolute atomic E-state index is 10.3. The average molecular weight is 212 g/mol. The van der Waals surface area contributed by atoms with Crippen LogP contribution < -0.4 is 10.1 Å². The summed E-state index contributed by atoms with van der Waals surface area (Å²) in [6.07, 6.45) is 2.24. The topological polar surface area (TPSA) is 90.2 Å². The number of hydrogen-bond acceptors (Lipinski definition) is 6. The third kappa shape index (κ3) is 3.86. The lowest BCUT2D eigenvalue weighted by Gasteiger charge is -2.03. The number of likely N-dealkylation sites (N-methyl/N-ethyl adjacent to an activating group) is 1. The van der Waals surface area contributed by atoms with E-state index in [-0.39, 0.29) is 11.7 Å². The first-order chi connectivity index (χ1) is 7.24. The number of ether oxygens (including phenoxy) is 1. The highest BCUT2D eigenvalue weighted by Gasteiger charge is 2.06. The zero-order chi connectivity index (χ0) is 11.1. The molecule has 0 spiro atoms. The lowest BCUT2D eigenvalue weighted by Crippen LogP contribution is -2.20. The van der Waals surface area contributed by atoms with E-state index in [9.17, 15) is 10.1 Å². The molecule has 0 fully saturated rings. The Hall–Kier alpha value is -1.76. The predicted molar refractivity (Wildman–Crippen MR) is 52.7 cm³/mol. The van der Waals surface area contributed by atoms with Gasteiger partial charge in [-0.25, -0.2) is 0 Å². The van der Waals surface area contributed by atoms with Crippen molar-refractivity contribution < 1.29 is 9.66 Å². The van der Waals surface area contributed by atoms with Crippen LogP contribution in [0.1, 0.15) is 6.92 Å². The Bertz CT molecular complexity index is 314. The van der Waals surface area contributed by atoms with Crippen LogP contribution in [0.15, 0.2) is 12.4 Å². The smallest absolute Gasteiger partial charge is 0.316 e. The molecule has 7 heteroatoms. The molecule has 1 aromatic rings. The van der Waals surface area contributed by atoms with Gasteiger partial charge in [-0.2, -0.15) is 9.97 Å². The number of aromatic nitrogens is 2. The van der Waals surface area contributed by atoms with E-state index in [0.29, 0.717) is 13.2 Å². The number of nitrogens with zero attached hydrogens (tertiary/aromatic N) is 3. The summed E-state index contributed by atoms with van der Waals surface area (Å²) >= 11 is 0. The van der Waals surface area contributed by atoms with Crippen LogP contribution in [0.25, 0.3) is 0 Å². The minimum absolute atomic E-state index is 0.144. The minimum atomic E-state index is -0.553. The second-order valence-electron chi connectivity index (χ2n) is 2.68. The molecule has 0 saturated carbocycles. The molecule has 1 aromatic heterocycles. The molecule has 15 heavy (non-hydrogen) atoms. The van der Waals surface area contributed by atoms with Crippen molar-refractivity contribution in [3.05, 3.63) is 22.5 Å². The van der Waals surface area contributed by atoms with Crippen LogP contribution in [-0.4, -0.2) is 34.6 Å². The van der Waals surface area contributed by atoms with Gasteiger partial charge in [-0.3, -0.25) is 10.1 Å². The number of nitrogens with one attached hydrogen (secondary N) is 1. The van der Waals surface area contributed by atoms with E-state index in [0.717, 1.165) is 18.9 Å². The van der Waals surface area contributed by atoms with E-state index in [1.54, 1.807) is 0 Å². The Balaban J connectivity index is 2.39. The van der Waals surface area contributed by atoms with Gasteiger partial charge in [0.25, 0.3) is 0 Å². The predicted octanol–water partition coefficient (Wildman–Crippen LogP) is 0.373. The molecule has 1 heterocycles. The standard InChI is InChI=1S/C8H12N4O3/c1-2-9-3-4-15-8-10-5-7(6-11-8)12(13)14/h5-6,9H,2-4H2,1H3. The second-order valence-corrected chi connectivity index (χ2v) is 2.68. The van der Waals surface area contributed by atoms with Crippen LogP contribution in [0.5, 0.6) is 6.01 Å². The summed E-state index contributed by atoms with van der Waals surface area (Å²) in [5, 5.41) is 13.3. The van der Waals surface area contributed by atoms with Gasteiger partial charge in [0.15, 0.2) is 0 Å². The lowest BCUT2D eigenvalue weighted by atomic mass is 10.6. The highest BCUT2D eigenvalue weighted by molar-refractivity contribution is 5.21. The first-order valence-electron chi connectivity index (χ1n) is 4.54. The van der Waals surface area contributed by atoms with Gasteiger partial charge in [0, 0.05) is 6.54 Å². The molecule has 0 aromatic carbocycles. The summed E-state index contributed by atoms with van der Waals surface area (Å²) in [6.45, 7) is 3.98. The van der Waals surface area contributed by atoms with Crippen molar-refractivity contribution in [3.8, 4) is 6.01 Å². The summed E-state index contributed by atoms with van der Waals surface area (Å²) in [5.41, 5.74) is -0.144. The SMILES string of the molecule is CCNCCOc1ncc([N+](=O)[O-])cn1. The average Bonchev–Trinajstić information content (AvgIpc) is 2.25. The van der Waals surface area contributed by atoms with Gasteiger partial charge in [-0.05, 0) is 6.54 Å². The van der Waals surface area contributed by atoms with Crippen molar-refractivity contribution in [2.75, 3.05) is 19.7 Å². The lowest BCUT2D eigenvalue weighted by molar-refractivity contribution is -0.385. The summed E-state index contributed by atoms with van der Waals surface area (Å²) in [5.74, 6) is 0. The quantitative estimate of drug-likeness (QED) is 0.416. The van der Waals surface area contributed by atoms with Gasteiger partial charge >= 0.3 is 11.7 Å². The largest absolute Gasteiger partial charge is 0.462 e. The molecule has 0 radical (unpaired) electrons. The Morgan fingerprint density at radius 2 is 2.20 bits per heavy atom. The van der Waals surface area contributed by atoms with Gasteiger partial charge in [-0.15, -0.1) is 0 Å². The molecule has 0 atom stereocenters. The highest BCUT2D eigenvalue weighted by atomic mass is 16.6. The van der Waals surface area contributed by atoms with Crippen LogP contribution >= 0.6 is 0 Å². The molecule has 0 aliphatic rings. The van der Waals surface area contributed by atoms with Crippen molar-refractivity contribution >= 4 is 5.69 Å². The maximum Gasteiger partial charge on any atom is 0.316 e.